The zero-order valence-electron chi connectivity index (χ0n) is 17.8. The van der Waals surface area contributed by atoms with Gasteiger partial charge in [-0.3, -0.25) is 5.10 Å². The number of H-pyrrole nitrogens is 1. The minimum Gasteiger partial charge on any atom is -0.322 e. The molecule has 4 aromatic rings. The lowest BCUT2D eigenvalue weighted by atomic mass is 10.1. The minimum absolute atomic E-state index is 0.115. The SMILES string of the molecule is Cc1cc(Nc2nc(C(SCCCN(C)C)c3ccc(F)cc3)nn3cccc23)n[nH]1. The third kappa shape index (κ3) is 5.23. The summed E-state index contributed by atoms with van der Waals surface area (Å²) in [6.07, 6.45) is 2.94. The summed E-state index contributed by atoms with van der Waals surface area (Å²) >= 11 is 1.77. The van der Waals surface area contributed by atoms with E-state index >= 15 is 0 Å². The molecule has 0 saturated carbocycles. The van der Waals surface area contributed by atoms with Crippen molar-refractivity contribution in [2.24, 2.45) is 0 Å². The summed E-state index contributed by atoms with van der Waals surface area (Å²) in [5.41, 5.74) is 2.80. The number of aromatic nitrogens is 5. The van der Waals surface area contributed by atoms with Gasteiger partial charge in [-0.15, -0.1) is 11.8 Å². The van der Waals surface area contributed by atoms with E-state index in [0.29, 0.717) is 17.5 Å². The van der Waals surface area contributed by atoms with Crippen LogP contribution in [0.1, 0.15) is 28.8 Å². The number of thioether (sulfide) groups is 1. The maximum absolute atomic E-state index is 13.6. The molecule has 3 heterocycles. The van der Waals surface area contributed by atoms with Crippen LogP contribution in [0.25, 0.3) is 5.52 Å². The lowest BCUT2D eigenvalue weighted by Gasteiger charge is -2.18. The molecule has 4 rings (SSSR count). The van der Waals surface area contributed by atoms with Gasteiger partial charge in [0.05, 0.1) is 5.25 Å². The van der Waals surface area contributed by atoms with Gasteiger partial charge in [-0.05, 0) is 69.6 Å². The van der Waals surface area contributed by atoms with E-state index in [2.05, 4.69) is 34.5 Å². The van der Waals surface area contributed by atoms with E-state index in [0.717, 1.165) is 35.5 Å². The van der Waals surface area contributed by atoms with Crippen molar-refractivity contribution in [1.29, 1.82) is 0 Å². The molecule has 0 bridgehead atoms. The Kier molecular flexibility index (Phi) is 6.53. The summed E-state index contributed by atoms with van der Waals surface area (Å²) in [6, 6.07) is 12.4. The molecule has 1 atom stereocenters. The van der Waals surface area contributed by atoms with E-state index in [1.807, 2.05) is 48.0 Å². The van der Waals surface area contributed by atoms with Gasteiger partial charge in [-0.25, -0.2) is 13.9 Å². The Morgan fingerprint density at radius 2 is 2.03 bits per heavy atom. The molecule has 162 valence electrons. The Hall–Kier alpha value is -2.91. The van der Waals surface area contributed by atoms with Crippen LogP contribution in [0.2, 0.25) is 0 Å². The quantitative estimate of drug-likeness (QED) is 0.376. The fourth-order valence-electron chi connectivity index (χ4n) is 3.30. The molecule has 2 N–H and O–H groups in total. The second-order valence-corrected chi connectivity index (χ2v) is 8.89. The maximum atomic E-state index is 13.6. The first kappa shape index (κ1) is 21.3. The highest BCUT2D eigenvalue weighted by molar-refractivity contribution is 7.99. The molecular weight excluding hydrogens is 413 g/mol. The number of anilines is 2. The second-order valence-electron chi connectivity index (χ2n) is 7.68. The third-order valence-corrected chi connectivity index (χ3v) is 6.14. The van der Waals surface area contributed by atoms with Crippen LogP contribution < -0.4 is 5.32 Å². The predicted octanol–water partition coefficient (Wildman–Crippen LogP) is 4.42. The number of hydrogen-bond donors (Lipinski definition) is 2. The number of nitrogens with zero attached hydrogens (tertiary/aromatic N) is 5. The van der Waals surface area contributed by atoms with Crippen molar-refractivity contribution in [1.82, 2.24) is 29.7 Å². The van der Waals surface area contributed by atoms with Crippen molar-refractivity contribution < 1.29 is 4.39 Å². The van der Waals surface area contributed by atoms with Crippen LogP contribution in [0, 0.1) is 12.7 Å². The summed E-state index contributed by atoms with van der Waals surface area (Å²) in [5.74, 6) is 2.73. The highest BCUT2D eigenvalue weighted by atomic mass is 32.2. The first-order valence-electron chi connectivity index (χ1n) is 10.2. The number of hydrogen-bond acceptors (Lipinski definition) is 6. The van der Waals surface area contributed by atoms with Crippen molar-refractivity contribution in [2.75, 3.05) is 31.7 Å². The maximum Gasteiger partial charge on any atom is 0.169 e. The van der Waals surface area contributed by atoms with Gasteiger partial charge in [-0.1, -0.05) is 12.1 Å². The topological polar surface area (TPSA) is 74.1 Å². The van der Waals surface area contributed by atoms with Crippen LogP contribution in [0.4, 0.5) is 16.0 Å². The van der Waals surface area contributed by atoms with E-state index in [1.54, 1.807) is 11.8 Å². The van der Waals surface area contributed by atoms with E-state index in [1.165, 1.54) is 12.1 Å². The van der Waals surface area contributed by atoms with Crippen LogP contribution in [-0.4, -0.2) is 56.1 Å². The number of benzene rings is 1. The molecule has 0 aliphatic rings. The number of halogens is 1. The molecule has 0 amide bonds. The van der Waals surface area contributed by atoms with Crippen molar-refractivity contribution >= 4 is 28.9 Å². The highest BCUT2D eigenvalue weighted by Crippen LogP contribution is 2.35. The van der Waals surface area contributed by atoms with E-state index in [-0.39, 0.29) is 11.1 Å². The average Bonchev–Trinajstić information content (AvgIpc) is 3.37. The molecule has 7 nitrogen and oxygen atoms in total. The van der Waals surface area contributed by atoms with Gasteiger partial charge in [0.25, 0.3) is 0 Å². The molecule has 0 saturated heterocycles. The molecule has 3 aromatic heterocycles. The second kappa shape index (κ2) is 9.49. The molecule has 0 aliphatic heterocycles. The summed E-state index contributed by atoms with van der Waals surface area (Å²) in [5, 5.41) is 15.2. The first-order chi connectivity index (χ1) is 15.0. The van der Waals surface area contributed by atoms with Crippen molar-refractivity contribution in [3.8, 4) is 0 Å². The van der Waals surface area contributed by atoms with Crippen molar-refractivity contribution in [3.05, 3.63) is 71.6 Å². The summed E-state index contributed by atoms with van der Waals surface area (Å²) in [4.78, 5) is 7.04. The van der Waals surface area contributed by atoms with Gasteiger partial charge < -0.3 is 10.2 Å². The standard InChI is InChI=1S/C22H26FN7S/c1-15-14-19(27-26-15)24-21-18-6-4-12-30(18)28-22(25-21)20(31-13-5-11-29(2)3)16-7-9-17(23)10-8-16/h4,6-10,12,14,20H,5,11,13H2,1-3H3,(H2,24,25,26,27,28). The first-order valence-corrected chi connectivity index (χ1v) is 11.2. The third-order valence-electron chi connectivity index (χ3n) is 4.80. The predicted molar refractivity (Wildman–Crippen MR) is 123 cm³/mol. The lowest BCUT2D eigenvalue weighted by molar-refractivity contribution is 0.410. The number of aromatic amines is 1. The van der Waals surface area contributed by atoms with Crippen molar-refractivity contribution in [2.45, 2.75) is 18.6 Å². The van der Waals surface area contributed by atoms with E-state index < -0.39 is 0 Å². The van der Waals surface area contributed by atoms with E-state index in [9.17, 15) is 4.39 Å². The normalized spacial score (nSPS) is 12.5. The monoisotopic (exact) mass is 439 g/mol. The zero-order chi connectivity index (χ0) is 21.8. The number of aryl methyl sites for hydroxylation is 1. The lowest BCUT2D eigenvalue weighted by Crippen LogP contribution is -2.14. The summed E-state index contributed by atoms with van der Waals surface area (Å²) < 4.78 is 15.4. The van der Waals surface area contributed by atoms with Crippen LogP contribution in [0.15, 0.2) is 48.7 Å². The highest BCUT2D eigenvalue weighted by Gasteiger charge is 2.21. The average molecular weight is 440 g/mol. The largest absolute Gasteiger partial charge is 0.322 e. The Balaban J connectivity index is 1.69. The van der Waals surface area contributed by atoms with Gasteiger partial charge in [0.2, 0.25) is 0 Å². The minimum atomic E-state index is -0.252. The number of rotatable bonds is 9. The molecule has 0 aliphatic carbocycles. The molecule has 9 heteroatoms. The molecular formula is C22H26FN7S. The fraction of sp³-hybridized carbons (Fsp3) is 0.318. The van der Waals surface area contributed by atoms with Crippen molar-refractivity contribution in [3.63, 3.8) is 0 Å². The fourth-order valence-corrected chi connectivity index (χ4v) is 4.43. The molecule has 31 heavy (non-hydrogen) atoms. The van der Waals surface area contributed by atoms with Crippen LogP contribution in [-0.2, 0) is 0 Å². The summed E-state index contributed by atoms with van der Waals surface area (Å²) in [7, 11) is 4.14. The molecule has 0 radical (unpaired) electrons. The van der Waals surface area contributed by atoms with E-state index in [4.69, 9.17) is 10.1 Å². The van der Waals surface area contributed by atoms with Crippen LogP contribution in [0.5, 0.6) is 0 Å². The van der Waals surface area contributed by atoms with Gasteiger partial charge in [0.1, 0.15) is 11.3 Å². The van der Waals surface area contributed by atoms with Gasteiger partial charge in [0, 0.05) is 18.0 Å². The zero-order valence-corrected chi connectivity index (χ0v) is 18.7. The van der Waals surface area contributed by atoms with Gasteiger partial charge in [0.15, 0.2) is 17.5 Å². The Bertz CT molecular complexity index is 1140. The summed E-state index contributed by atoms with van der Waals surface area (Å²) in [6.45, 7) is 2.96. The van der Waals surface area contributed by atoms with Crippen LogP contribution >= 0.6 is 11.8 Å². The number of fused-ring (bicyclic) bond motifs is 1. The molecule has 0 fully saturated rings. The molecule has 1 unspecified atom stereocenters. The van der Waals surface area contributed by atoms with Gasteiger partial charge >= 0.3 is 0 Å². The Morgan fingerprint density at radius 3 is 2.74 bits per heavy atom. The smallest absolute Gasteiger partial charge is 0.169 e. The van der Waals surface area contributed by atoms with Gasteiger partial charge in [-0.2, -0.15) is 10.2 Å². The Labute approximate surface area is 185 Å². The number of nitrogens with one attached hydrogen (secondary N) is 2. The molecule has 1 aromatic carbocycles. The molecule has 0 spiro atoms. The van der Waals surface area contributed by atoms with Crippen LogP contribution in [0.3, 0.4) is 0 Å². The Morgan fingerprint density at radius 1 is 1.23 bits per heavy atom.